The minimum atomic E-state index is -1.09. The van der Waals surface area contributed by atoms with E-state index in [4.69, 9.17) is 10.00 Å². The molecule has 0 aliphatic rings. The molecule has 2 aromatic carbocycles. The van der Waals surface area contributed by atoms with Crippen LogP contribution in [0, 0.1) is 28.8 Å². The molecule has 0 aromatic heterocycles. The molecule has 0 saturated carbocycles. The third-order valence-electron chi connectivity index (χ3n) is 2.61. The van der Waals surface area contributed by atoms with Gasteiger partial charge in [-0.1, -0.05) is 0 Å². The zero-order chi connectivity index (χ0) is 14.7. The molecular weight excluding hydrogens is 269 g/mol. The fourth-order valence-electron chi connectivity index (χ4n) is 1.65. The largest absolute Gasteiger partial charge is 0.497 e. The van der Waals surface area contributed by atoms with Crippen LogP contribution in [0.3, 0.4) is 0 Å². The smallest absolute Gasteiger partial charge is 0.152 e. The van der Waals surface area contributed by atoms with E-state index in [0.717, 1.165) is 0 Å². The van der Waals surface area contributed by atoms with Crippen LogP contribution in [0.25, 0.3) is 0 Å². The minimum Gasteiger partial charge on any atom is -0.497 e. The summed E-state index contributed by atoms with van der Waals surface area (Å²) in [4.78, 5) is 0. The molecule has 2 rings (SSSR count). The number of anilines is 2. The van der Waals surface area contributed by atoms with E-state index < -0.39 is 23.1 Å². The van der Waals surface area contributed by atoms with Gasteiger partial charge in [0.1, 0.15) is 23.3 Å². The maximum atomic E-state index is 13.6. The van der Waals surface area contributed by atoms with Crippen LogP contribution in [0.4, 0.5) is 24.5 Å². The molecular formula is C14H9F3N2O. The topological polar surface area (TPSA) is 45.0 Å². The molecule has 0 radical (unpaired) electrons. The predicted molar refractivity (Wildman–Crippen MR) is 67.3 cm³/mol. The van der Waals surface area contributed by atoms with Crippen molar-refractivity contribution in [3.63, 3.8) is 0 Å². The summed E-state index contributed by atoms with van der Waals surface area (Å²) in [6.07, 6.45) is 0. The second-order valence-electron chi connectivity index (χ2n) is 3.89. The summed E-state index contributed by atoms with van der Waals surface area (Å²) in [5.74, 6) is -2.78. The second kappa shape index (κ2) is 5.53. The van der Waals surface area contributed by atoms with Gasteiger partial charge in [-0.05, 0) is 12.1 Å². The normalized spacial score (nSPS) is 9.95. The van der Waals surface area contributed by atoms with Crippen LogP contribution in [0.15, 0.2) is 30.3 Å². The number of ether oxygens (including phenoxy) is 1. The van der Waals surface area contributed by atoms with Crippen molar-refractivity contribution >= 4 is 11.4 Å². The summed E-state index contributed by atoms with van der Waals surface area (Å²) in [5.41, 5.74) is -0.193. The molecule has 0 heterocycles. The molecule has 2 aromatic rings. The highest BCUT2D eigenvalue weighted by molar-refractivity contribution is 5.68. The van der Waals surface area contributed by atoms with E-state index in [1.165, 1.54) is 19.2 Å². The molecule has 102 valence electrons. The van der Waals surface area contributed by atoms with Gasteiger partial charge in [0.25, 0.3) is 0 Å². The Hall–Kier alpha value is -2.68. The van der Waals surface area contributed by atoms with Gasteiger partial charge in [-0.25, -0.2) is 13.2 Å². The Bertz CT molecular complexity index is 672. The summed E-state index contributed by atoms with van der Waals surface area (Å²) in [5, 5.41) is 11.4. The minimum absolute atomic E-state index is 0.163. The first kappa shape index (κ1) is 13.7. The quantitative estimate of drug-likeness (QED) is 0.930. The highest BCUT2D eigenvalue weighted by Gasteiger charge is 2.14. The van der Waals surface area contributed by atoms with Crippen LogP contribution in [-0.2, 0) is 0 Å². The summed E-state index contributed by atoms with van der Waals surface area (Å²) >= 11 is 0. The lowest BCUT2D eigenvalue weighted by atomic mass is 10.1. The van der Waals surface area contributed by atoms with Gasteiger partial charge in [0.05, 0.1) is 18.4 Å². The summed E-state index contributed by atoms with van der Waals surface area (Å²) in [7, 11) is 1.42. The van der Waals surface area contributed by atoms with Crippen molar-refractivity contribution in [2.45, 2.75) is 0 Å². The Morgan fingerprint density at radius 1 is 1.10 bits per heavy atom. The lowest BCUT2D eigenvalue weighted by Gasteiger charge is -2.11. The number of hydrogen-bond donors (Lipinski definition) is 1. The number of nitrogens with zero attached hydrogens (tertiary/aromatic N) is 1. The van der Waals surface area contributed by atoms with Gasteiger partial charge in [0, 0.05) is 18.2 Å². The van der Waals surface area contributed by atoms with E-state index in [1.54, 1.807) is 6.07 Å². The SMILES string of the molecule is COc1ccc(C#N)c(Nc2c(F)cc(F)cc2F)c1. The molecule has 0 atom stereocenters. The van der Waals surface area contributed by atoms with Crippen molar-refractivity contribution in [3.8, 4) is 11.8 Å². The van der Waals surface area contributed by atoms with Gasteiger partial charge in [0.2, 0.25) is 0 Å². The zero-order valence-electron chi connectivity index (χ0n) is 10.4. The highest BCUT2D eigenvalue weighted by atomic mass is 19.1. The van der Waals surface area contributed by atoms with E-state index in [0.29, 0.717) is 17.9 Å². The van der Waals surface area contributed by atoms with Crippen molar-refractivity contribution in [3.05, 3.63) is 53.3 Å². The Morgan fingerprint density at radius 2 is 1.75 bits per heavy atom. The van der Waals surface area contributed by atoms with Gasteiger partial charge in [-0.2, -0.15) is 5.26 Å². The average molecular weight is 278 g/mol. The summed E-state index contributed by atoms with van der Waals surface area (Å²) in [6.45, 7) is 0. The van der Waals surface area contributed by atoms with Crippen molar-refractivity contribution < 1.29 is 17.9 Å². The molecule has 0 unspecified atom stereocenters. The second-order valence-corrected chi connectivity index (χ2v) is 3.89. The van der Waals surface area contributed by atoms with Gasteiger partial charge in [-0.3, -0.25) is 0 Å². The Morgan fingerprint density at radius 3 is 2.30 bits per heavy atom. The van der Waals surface area contributed by atoms with Gasteiger partial charge in [-0.15, -0.1) is 0 Å². The van der Waals surface area contributed by atoms with Crippen molar-refractivity contribution in [1.29, 1.82) is 5.26 Å². The highest BCUT2D eigenvalue weighted by Crippen LogP contribution is 2.28. The Kier molecular flexibility index (Phi) is 3.80. The van der Waals surface area contributed by atoms with E-state index in [9.17, 15) is 13.2 Å². The number of halogens is 3. The van der Waals surface area contributed by atoms with E-state index in [1.807, 2.05) is 6.07 Å². The van der Waals surface area contributed by atoms with Crippen molar-refractivity contribution in [2.75, 3.05) is 12.4 Å². The first-order valence-corrected chi connectivity index (χ1v) is 5.55. The molecule has 0 bridgehead atoms. The Balaban J connectivity index is 2.47. The average Bonchev–Trinajstić information content (AvgIpc) is 2.42. The molecule has 0 aliphatic carbocycles. The molecule has 0 saturated heterocycles. The standard InChI is InChI=1S/C14H9F3N2O/c1-20-10-3-2-8(7-18)13(6-10)19-14-11(16)4-9(15)5-12(14)17/h2-6,19H,1H3. The van der Waals surface area contributed by atoms with Crippen LogP contribution in [0.1, 0.15) is 5.56 Å². The maximum Gasteiger partial charge on any atom is 0.152 e. The van der Waals surface area contributed by atoms with Gasteiger partial charge in [0.15, 0.2) is 11.6 Å². The summed E-state index contributed by atoms with van der Waals surface area (Å²) in [6, 6.07) is 7.39. The number of benzene rings is 2. The first-order chi connectivity index (χ1) is 9.55. The Labute approximate surface area is 113 Å². The molecule has 3 nitrogen and oxygen atoms in total. The van der Waals surface area contributed by atoms with E-state index in [-0.39, 0.29) is 11.3 Å². The molecule has 0 spiro atoms. The number of nitriles is 1. The maximum absolute atomic E-state index is 13.6. The monoisotopic (exact) mass is 278 g/mol. The molecule has 6 heteroatoms. The van der Waals surface area contributed by atoms with Crippen LogP contribution in [-0.4, -0.2) is 7.11 Å². The van der Waals surface area contributed by atoms with Crippen molar-refractivity contribution in [1.82, 2.24) is 0 Å². The zero-order valence-corrected chi connectivity index (χ0v) is 10.4. The predicted octanol–water partition coefficient (Wildman–Crippen LogP) is 3.73. The van der Waals surface area contributed by atoms with Crippen LogP contribution in [0.5, 0.6) is 5.75 Å². The van der Waals surface area contributed by atoms with Crippen LogP contribution >= 0.6 is 0 Å². The van der Waals surface area contributed by atoms with Crippen molar-refractivity contribution in [2.24, 2.45) is 0 Å². The number of hydrogen-bond acceptors (Lipinski definition) is 3. The molecule has 0 fully saturated rings. The molecule has 1 N–H and O–H groups in total. The third kappa shape index (κ3) is 2.67. The summed E-state index contributed by atoms with van der Waals surface area (Å²) < 4.78 is 44.9. The number of nitrogens with one attached hydrogen (secondary N) is 1. The van der Waals surface area contributed by atoms with Crippen LogP contribution in [0.2, 0.25) is 0 Å². The lowest BCUT2D eigenvalue weighted by Crippen LogP contribution is -2.01. The first-order valence-electron chi connectivity index (χ1n) is 5.55. The lowest BCUT2D eigenvalue weighted by molar-refractivity contribution is 0.415. The molecule has 0 amide bonds. The van der Waals surface area contributed by atoms with Gasteiger partial charge < -0.3 is 10.1 Å². The van der Waals surface area contributed by atoms with E-state index >= 15 is 0 Å². The molecule has 0 aliphatic heterocycles. The van der Waals surface area contributed by atoms with Gasteiger partial charge >= 0.3 is 0 Å². The fraction of sp³-hybridized carbons (Fsp3) is 0.0714. The number of methoxy groups -OCH3 is 1. The van der Waals surface area contributed by atoms with E-state index in [2.05, 4.69) is 5.32 Å². The number of rotatable bonds is 3. The third-order valence-corrected chi connectivity index (χ3v) is 2.61. The fourth-order valence-corrected chi connectivity index (χ4v) is 1.65. The molecule has 20 heavy (non-hydrogen) atoms. The van der Waals surface area contributed by atoms with Crippen LogP contribution < -0.4 is 10.1 Å².